The van der Waals surface area contributed by atoms with Crippen molar-refractivity contribution >= 4 is 17.8 Å². The average molecular weight is 420 g/mol. The lowest BCUT2D eigenvalue weighted by molar-refractivity contribution is -0.159. The van der Waals surface area contributed by atoms with Gasteiger partial charge >= 0.3 is 6.03 Å². The normalized spacial score (nSPS) is 32.5. The Kier molecular flexibility index (Phi) is 6.23. The Morgan fingerprint density at radius 3 is 2.57 bits per heavy atom. The summed E-state index contributed by atoms with van der Waals surface area (Å²) in [5.74, 6) is 0.396. The number of hydrogen-bond acceptors (Lipinski definition) is 4. The molecule has 2 saturated carbocycles. The summed E-state index contributed by atoms with van der Waals surface area (Å²) in [6.07, 6.45) is 8.19. The van der Waals surface area contributed by atoms with Gasteiger partial charge in [0.2, 0.25) is 11.8 Å². The summed E-state index contributed by atoms with van der Waals surface area (Å²) in [6.45, 7) is 4.93. The summed E-state index contributed by atoms with van der Waals surface area (Å²) in [7, 11) is 1.71. The maximum atomic E-state index is 13.4. The summed E-state index contributed by atoms with van der Waals surface area (Å²) in [5, 5.41) is 4.73. The van der Waals surface area contributed by atoms with E-state index in [0.717, 1.165) is 25.7 Å². The fraction of sp³-hybridized carbons (Fsp3) is 0.864. The van der Waals surface area contributed by atoms with Crippen LogP contribution in [0.1, 0.15) is 71.6 Å². The molecule has 8 nitrogen and oxygen atoms in total. The number of fused-ring (bicyclic) bond motifs is 3. The number of carbonyl (C=O) groups is 3. The lowest BCUT2D eigenvalue weighted by atomic mass is 9.75. The zero-order valence-corrected chi connectivity index (χ0v) is 18.6. The summed E-state index contributed by atoms with van der Waals surface area (Å²) in [6, 6.07) is -0.0264. The summed E-state index contributed by atoms with van der Waals surface area (Å²) in [5.41, 5.74) is 3.17. The van der Waals surface area contributed by atoms with Crippen LogP contribution in [0.3, 0.4) is 0 Å². The molecule has 4 amide bonds. The monoisotopic (exact) mass is 419 g/mol. The van der Waals surface area contributed by atoms with Gasteiger partial charge in [0.15, 0.2) is 6.29 Å². The Morgan fingerprint density at radius 2 is 1.87 bits per heavy atom. The highest BCUT2D eigenvalue weighted by molar-refractivity contribution is 5.86. The molecule has 0 aromatic rings. The van der Waals surface area contributed by atoms with Crippen LogP contribution in [0.15, 0.2) is 0 Å². The molecule has 4 fully saturated rings. The molecule has 0 radical (unpaired) electrons. The first-order chi connectivity index (χ1) is 14.4. The van der Waals surface area contributed by atoms with Crippen molar-refractivity contribution in [3.05, 3.63) is 0 Å². The van der Waals surface area contributed by atoms with Crippen molar-refractivity contribution in [1.29, 1.82) is 0 Å². The van der Waals surface area contributed by atoms with Gasteiger partial charge in [0, 0.05) is 31.6 Å². The molecular weight excluding hydrogens is 382 g/mol. The Bertz CT molecular complexity index is 678. The molecule has 2 aliphatic carbocycles. The quantitative estimate of drug-likeness (QED) is 0.716. The van der Waals surface area contributed by atoms with Crippen molar-refractivity contribution in [1.82, 2.24) is 25.6 Å². The van der Waals surface area contributed by atoms with Crippen molar-refractivity contribution in [2.75, 3.05) is 13.6 Å². The minimum Gasteiger partial charge on any atom is -0.353 e. The SMILES string of the molecule is CC(C)CCN1C(=O)C2CCC(C(=O)NC3CCCCC3)CC2N2C(=O)N(C)NC12. The molecule has 8 heteroatoms. The number of carbonyl (C=O) groups excluding carboxylic acids is 3. The predicted molar refractivity (Wildman–Crippen MR) is 113 cm³/mol. The first kappa shape index (κ1) is 21.4. The van der Waals surface area contributed by atoms with Gasteiger partial charge in [-0.05, 0) is 44.4 Å². The number of rotatable bonds is 5. The van der Waals surface area contributed by atoms with Gasteiger partial charge in [-0.3, -0.25) is 19.5 Å². The average Bonchev–Trinajstić information content (AvgIpc) is 3.02. The zero-order valence-electron chi connectivity index (χ0n) is 18.6. The standard InChI is InChI=1S/C22H37N5O3/c1-14(2)11-12-26-20(29)17-10-9-15(19(28)23-16-7-5-4-6-8-16)13-18(17)27-21(26)24-25(3)22(27)30/h14-18,21,24H,4-13H2,1-3H3,(H,23,28). The van der Waals surface area contributed by atoms with Crippen LogP contribution >= 0.6 is 0 Å². The lowest BCUT2D eigenvalue weighted by Gasteiger charge is -2.50. The van der Waals surface area contributed by atoms with E-state index >= 15 is 0 Å². The number of urea groups is 1. The Morgan fingerprint density at radius 1 is 1.13 bits per heavy atom. The highest BCUT2D eigenvalue weighted by Crippen LogP contribution is 2.40. The maximum Gasteiger partial charge on any atom is 0.337 e. The van der Waals surface area contributed by atoms with Gasteiger partial charge in [-0.15, -0.1) is 0 Å². The molecule has 168 valence electrons. The number of hydrazine groups is 1. The molecule has 0 spiro atoms. The van der Waals surface area contributed by atoms with Crippen molar-refractivity contribution < 1.29 is 14.4 Å². The predicted octanol–water partition coefficient (Wildman–Crippen LogP) is 2.26. The van der Waals surface area contributed by atoms with E-state index in [1.54, 1.807) is 7.05 Å². The van der Waals surface area contributed by atoms with E-state index in [2.05, 4.69) is 24.6 Å². The molecule has 4 rings (SSSR count). The van der Waals surface area contributed by atoms with Gasteiger partial charge in [-0.2, -0.15) is 5.43 Å². The van der Waals surface area contributed by atoms with Crippen LogP contribution in [0, 0.1) is 17.8 Å². The molecule has 2 heterocycles. The Balaban J connectivity index is 1.48. The molecule has 2 saturated heterocycles. The van der Waals surface area contributed by atoms with E-state index in [4.69, 9.17) is 0 Å². The van der Waals surface area contributed by atoms with Crippen LogP contribution in [0.5, 0.6) is 0 Å². The molecule has 4 atom stereocenters. The summed E-state index contributed by atoms with van der Waals surface area (Å²) < 4.78 is 0. The molecule has 30 heavy (non-hydrogen) atoms. The second-order valence-electron chi connectivity index (χ2n) is 9.99. The van der Waals surface area contributed by atoms with E-state index in [0.29, 0.717) is 25.3 Å². The highest BCUT2D eigenvalue weighted by Gasteiger charge is 2.55. The molecule has 0 aromatic carbocycles. The van der Waals surface area contributed by atoms with Crippen molar-refractivity contribution in [3.63, 3.8) is 0 Å². The molecule has 4 aliphatic rings. The summed E-state index contributed by atoms with van der Waals surface area (Å²) in [4.78, 5) is 42.9. The molecule has 2 N–H and O–H groups in total. The minimum absolute atomic E-state index is 0.106. The van der Waals surface area contributed by atoms with Crippen LogP contribution in [-0.4, -0.2) is 64.6 Å². The Hall–Kier alpha value is -1.83. The van der Waals surface area contributed by atoms with Crippen LogP contribution in [-0.2, 0) is 9.59 Å². The van der Waals surface area contributed by atoms with Gasteiger partial charge in [0.05, 0.1) is 5.92 Å². The topological polar surface area (TPSA) is 85.0 Å². The number of hydrogen-bond donors (Lipinski definition) is 2. The number of nitrogens with one attached hydrogen (secondary N) is 2. The third-order valence-corrected chi connectivity index (χ3v) is 7.42. The van der Waals surface area contributed by atoms with Crippen molar-refractivity contribution in [3.8, 4) is 0 Å². The van der Waals surface area contributed by atoms with Gasteiger partial charge in [-0.1, -0.05) is 33.1 Å². The second-order valence-corrected chi connectivity index (χ2v) is 9.99. The zero-order chi connectivity index (χ0) is 21.4. The molecule has 2 aliphatic heterocycles. The van der Waals surface area contributed by atoms with E-state index in [9.17, 15) is 14.4 Å². The van der Waals surface area contributed by atoms with E-state index in [-0.39, 0.29) is 41.8 Å². The number of amides is 4. The van der Waals surface area contributed by atoms with Crippen molar-refractivity contribution in [2.24, 2.45) is 17.8 Å². The van der Waals surface area contributed by atoms with Crippen LogP contribution in [0.4, 0.5) is 4.79 Å². The van der Waals surface area contributed by atoms with Crippen LogP contribution in [0.2, 0.25) is 0 Å². The van der Waals surface area contributed by atoms with E-state index in [1.807, 2.05) is 9.80 Å². The third-order valence-electron chi connectivity index (χ3n) is 7.42. The number of nitrogens with zero attached hydrogens (tertiary/aromatic N) is 3. The first-order valence-electron chi connectivity index (χ1n) is 11.8. The lowest BCUT2D eigenvalue weighted by Crippen LogP contribution is -2.67. The summed E-state index contributed by atoms with van der Waals surface area (Å²) >= 11 is 0. The highest BCUT2D eigenvalue weighted by atomic mass is 16.2. The smallest absolute Gasteiger partial charge is 0.337 e. The molecule has 4 unspecified atom stereocenters. The molecule has 0 aromatic heterocycles. The second kappa shape index (κ2) is 8.73. The fourth-order valence-corrected chi connectivity index (χ4v) is 5.62. The van der Waals surface area contributed by atoms with Gasteiger partial charge in [0.25, 0.3) is 0 Å². The van der Waals surface area contributed by atoms with Crippen LogP contribution < -0.4 is 10.7 Å². The molecule has 0 bridgehead atoms. The van der Waals surface area contributed by atoms with Gasteiger partial charge < -0.3 is 10.2 Å². The maximum absolute atomic E-state index is 13.4. The minimum atomic E-state index is -0.435. The van der Waals surface area contributed by atoms with Gasteiger partial charge in [-0.25, -0.2) is 4.79 Å². The van der Waals surface area contributed by atoms with Crippen LogP contribution in [0.25, 0.3) is 0 Å². The largest absolute Gasteiger partial charge is 0.353 e. The van der Waals surface area contributed by atoms with E-state index in [1.165, 1.54) is 24.3 Å². The van der Waals surface area contributed by atoms with E-state index < -0.39 is 6.29 Å². The van der Waals surface area contributed by atoms with Gasteiger partial charge in [0.1, 0.15) is 0 Å². The Labute approximate surface area is 179 Å². The molecular formula is C22H37N5O3. The van der Waals surface area contributed by atoms with Crippen molar-refractivity contribution in [2.45, 2.75) is 90.0 Å². The first-order valence-corrected chi connectivity index (χ1v) is 11.8. The third kappa shape index (κ3) is 4.03. The fourth-order valence-electron chi connectivity index (χ4n) is 5.62.